The quantitative estimate of drug-likeness (QED) is 0.662. The first-order chi connectivity index (χ1) is 6.54. The van der Waals surface area contributed by atoms with Crippen molar-refractivity contribution in [2.24, 2.45) is 5.41 Å². The van der Waals surface area contributed by atoms with Crippen LogP contribution in [-0.4, -0.2) is 17.8 Å². The van der Waals surface area contributed by atoms with Gasteiger partial charge in [0.1, 0.15) is 6.17 Å². The lowest BCUT2D eigenvalue weighted by Crippen LogP contribution is -2.35. The molecule has 0 bridgehead atoms. The van der Waals surface area contributed by atoms with Crippen molar-refractivity contribution in [3.05, 3.63) is 23.9 Å². The highest BCUT2D eigenvalue weighted by Gasteiger charge is 2.23. The molecule has 1 saturated heterocycles. The molecule has 0 radical (unpaired) electrons. The Morgan fingerprint density at radius 1 is 1.50 bits per heavy atom. The molecule has 78 valence electrons. The first-order valence-electron chi connectivity index (χ1n) is 5.19. The average molecular weight is 193 g/mol. The fraction of sp³-hybridized carbons (Fsp3) is 0.636. The highest BCUT2D eigenvalue weighted by molar-refractivity contribution is 5.26. The van der Waals surface area contributed by atoms with E-state index in [9.17, 15) is 0 Å². The molecule has 3 heteroatoms. The highest BCUT2D eigenvalue weighted by Crippen LogP contribution is 2.27. The lowest BCUT2D eigenvalue weighted by molar-refractivity contribution is 0.296. The maximum atomic E-state index is 3.36. The molecule has 3 nitrogen and oxygen atoms in total. The Labute approximate surface area is 85.8 Å². The number of nitrogens with zero attached hydrogens (tertiary/aromatic N) is 1. The van der Waals surface area contributed by atoms with Crippen LogP contribution in [0.3, 0.4) is 0 Å². The zero-order chi connectivity index (χ0) is 10.2. The van der Waals surface area contributed by atoms with Crippen molar-refractivity contribution in [3.63, 3.8) is 0 Å². The minimum absolute atomic E-state index is 0.345. The summed E-state index contributed by atoms with van der Waals surface area (Å²) in [6.45, 7) is 7.67. The van der Waals surface area contributed by atoms with Crippen molar-refractivity contribution >= 4 is 0 Å². The normalized spacial score (nSPS) is 26.4. The number of allylic oxidation sites excluding steroid dienone is 2. The van der Waals surface area contributed by atoms with E-state index in [4.69, 9.17) is 0 Å². The number of hydrazine groups is 1. The molecule has 1 atom stereocenters. The summed E-state index contributed by atoms with van der Waals surface area (Å²) in [7, 11) is 0. The van der Waals surface area contributed by atoms with Crippen LogP contribution in [-0.2, 0) is 0 Å². The molecule has 2 rings (SSSR count). The third-order valence-electron chi connectivity index (χ3n) is 2.43. The number of rotatable bonds is 1. The third kappa shape index (κ3) is 2.16. The second kappa shape index (κ2) is 3.41. The van der Waals surface area contributed by atoms with Crippen LogP contribution < -0.4 is 10.7 Å². The lowest BCUT2D eigenvalue weighted by Gasteiger charge is -2.26. The zero-order valence-electron chi connectivity index (χ0n) is 9.17. The topological polar surface area (TPSA) is 27.3 Å². The van der Waals surface area contributed by atoms with Gasteiger partial charge in [0.05, 0.1) is 6.67 Å². The molecule has 14 heavy (non-hydrogen) atoms. The Hall–Kier alpha value is -0.800. The Balaban J connectivity index is 2.04. The van der Waals surface area contributed by atoms with E-state index >= 15 is 0 Å². The lowest BCUT2D eigenvalue weighted by atomic mass is 9.87. The van der Waals surface area contributed by atoms with Crippen molar-refractivity contribution < 1.29 is 0 Å². The van der Waals surface area contributed by atoms with Gasteiger partial charge in [-0.3, -0.25) is 10.3 Å². The Morgan fingerprint density at radius 3 is 3.00 bits per heavy atom. The van der Waals surface area contributed by atoms with Crippen LogP contribution in [0.5, 0.6) is 0 Å². The summed E-state index contributed by atoms with van der Waals surface area (Å²) < 4.78 is 0. The molecule has 0 aromatic rings. The fourth-order valence-electron chi connectivity index (χ4n) is 1.89. The van der Waals surface area contributed by atoms with Gasteiger partial charge in [0, 0.05) is 6.20 Å². The predicted octanol–water partition coefficient (Wildman–Crippen LogP) is 1.57. The second-order valence-corrected chi connectivity index (χ2v) is 5.19. The molecular weight excluding hydrogens is 174 g/mol. The standard InChI is InChI=1S/C11H19N3/c1-11(2,3)7-9-4-5-14-10(6-9)12-8-13-14/h4-6,10,12-13H,7-8H2,1-3H3. The molecular formula is C11H19N3. The first-order valence-corrected chi connectivity index (χ1v) is 5.19. The van der Waals surface area contributed by atoms with Crippen molar-refractivity contribution in [2.45, 2.75) is 33.4 Å². The van der Waals surface area contributed by atoms with E-state index in [0.717, 1.165) is 13.1 Å². The summed E-state index contributed by atoms with van der Waals surface area (Å²) in [4.78, 5) is 0. The van der Waals surface area contributed by atoms with Crippen molar-refractivity contribution in [3.8, 4) is 0 Å². The predicted molar refractivity (Wildman–Crippen MR) is 58.1 cm³/mol. The Kier molecular flexibility index (Phi) is 2.37. The Bertz CT molecular complexity index is 273. The molecule has 2 N–H and O–H groups in total. The van der Waals surface area contributed by atoms with E-state index in [1.165, 1.54) is 5.57 Å². The zero-order valence-corrected chi connectivity index (χ0v) is 9.17. The average Bonchev–Trinajstić information content (AvgIpc) is 2.47. The molecule has 2 aliphatic heterocycles. The van der Waals surface area contributed by atoms with Crippen LogP contribution in [0.4, 0.5) is 0 Å². The van der Waals surface area contributed by atoms with Crippen LogP contribution >= 0.6 is 0 Å². The number of hydrogen-bond donors (Lipinski definition) is 2. The van der Waals surface area contributed by atoms with Crippen LogP contribution in [0.15, 0.2) is 23.9 Å². The summed E-state index contributed by atoms with van der Waals surface area (Å²) >= 11 is 0. The van der Waals surface area contributed by atoms with Crippen LogP contribution in [0, 0.1) is 5.41 Å². The van der Waals surface area contributed by atoms with Crippen molar-refractivity contribution in [1.29, 1.82) is 0 Å². The van der Waals surface area contributed by atoms with Gasteiger partial charge >= 0.3 is 0 Å². The van der Waals surface area contributed by atoms with E-state index in [1.54, 1.807) is 0 Å². The van der Waals surface area contributed by atoms with Gasteiger partial charge in [0.25, 0.3) is 0 Å². The summed E-state index contributed by atoms with van der Waals surface area (Å²) in [5.74, 6) is 0. The minimum atomic E-state index is 0.345. The maximum absolute atomic E-state index is 3.36. The molecule has 0 aromatic heterocycles. The summed E-state index contributed by atoms with van der Waals surface area (Å²) in [6.07, 6.45) is 8.09. The molecule has 2 aliphatic rings. The highest BCUT2D eigenvalue weighted by atomic mass is 15.6. The van der Waals surface area contributed by atoms with E-state index in [2.05, 4.69) is 54.9 Å². The molecule has 1 unspecified atom stereocenters. The molecule has 0 spiro atoms. The summed E-state index contributed by atoms with van der Waals surface area (Å²) in [5, 5.41) is 5.46. The van der Waals surface area contributed by atoms with Crippen LogP contribution in [0.2, 0.25) is 0 Å². The third-order valence-corrected chi connectivity index (χ3v) is 2.43. The number of fused-ring (bicyclic) bond motifs is 1. The molecule has 0 amide bonds. The number of nitrogens with one attached hydrogen (secondary N) is 2. The summed E-state index contributed by atoms with van der Waals surface area (Å²) in [5.41, 5.74) is 5.02. The van der Waals surface area contributed by atoms with E-state index in [0.29, 0.717) is 11.6 Å². The molecule has 0 aromatic carbocycles. The molecule has 2 heterocycles. The van der Waals surface area contributed by atoms with Gasteiger partial charge in [0.15, 0.2) is 0 Å². The fourth-order valence-corrected chi connectivity index (χ4v) is 1.89. The molecule has 0 aliphatic carbocycles. The SMILES string of the molecule is CC(C)(C)CC1=CC2NCNN2C=C1. The van der Waals surface area contributed by atoms with Crippen molar-refractivity contribution in [1.82, 2.24) is 15.8 Å². The van der Waals surface area contributed by atoms with Gasteiger partial charge in [-0.25, -0.2) is 5.43 Å². The molecule has 0 saturated carbocycles. The first kappa shape index (κ1) is 9.74. The van der Waals surface area contributed by atoms with Gasteiger partial charge in [0.2, 0.25) is 0 Å². The van der Waals surface area contributed by atoms with Gasteiger partial charge < -0.3 is 0 Å². The monoisotopic (exact) mass is 193 g/mol. The maximum Gasteiger partial charge on any atom is 0.115 e. The van der Waals surface area contributed by atoms with Gasteiger partial charge in [-0.2, -0.15) is 0 Å². The van der Waals surface area contributed by atoms with Gasteiger partial charge in [-0.05, 0) is 29.6 Å². The summed E-state index contributed by atoms with van der Waals surface area (Å²) in [6, 6.07) is 0. The van der Waals surface area contributed by atoms with Gasteiger partial charge in [-0.15, -0.1) is 0 Å². The minimum Gasteiger partial charge on any atom is -0.293 e. The van der Waals surface area contributed by atoms with Gasteiger partial charge in [-0.1, -0.05) is 20.8 Å². The van der Waals surface area contributed by atoms with Crippen LogP contribution in [0.25, 0.3) is 0 Å². The number of hydrogen-bond acceptors (Lipinski definition) is 3. The van der Waals surface area contributed by atoms with Crippen LogP contribution in [0.1, 0.15) is 27.2 Å². The van der Waals surface area contributed by atoms with E-state index in [-0.39, 0.29) is 0 Å². The second-order valence-electron chi connectivity index (χ2n) is 5.19. The molecule has 1 fully saturated rings. The van der Waals surface area contributed by atoms with E-state index < -0.39 is 0 Å². The largest absolute Gasteiger partial charge is 0.293 e. The van der Waals surface area contributed by atoms with E-state index in [1.807, 2.05) is 0 Å². The smallest absolute Gasteiger partial charge is 0.115 e. The van der Waals surface area contributed by atoms with Crippen molar-refractivity contribution in [2.75, 3.05) is 6.67 Å². The Morgan fingerprint density at radius 2 is 2.29 bits per heavy atom.